The monoisotopic (exact) mass is 358 g/mol. The van der Waals surface area contributed by atoms with Crippen LogP contribution < -0.4 is 0 Å². The summed E-state index contributed by atoms with van der Waals surface area (Å²) in [5.41, 5.74) is -0.180. The van der Waals surface area contributed by atoms with Crippen LogP contribution in [-0.2, 0) is 18.4 Å². The number of rotatable bonds is 4. The lowest BCUT2D eigenvalue weighted by Crippen LogP contribution is -2.41. The standard InChI is InChI=1S/C13H15N2O6PS/c1-21-15-13(12-9-5-6-10-14-12)23(19,20,22(16,17)18)11-7-3-2-4-8-11/h2-10H,1H3,(H,19,20)(H2,16,17,18). The van der Waals surface area contributed by atoms with E-state index in [2.05, 4.69) is 15.0 Å². The van der Waals surface area contributed by atoms with Gasteiger partial charge in [0.2, 0.25) is 5.04 Å². The quantitative estimate of drug-likeness (QED) is 0.329. The molecule has 0 spiro atoms. The van der Waals surface area contributed by atoms with Crippen LogP contribution in [0.2, 0.25) is 0 Å². The number of hydrogen-bond donors (Lipinski definition) is 3. The molecule has 0 aliphatic heterocycles. The van der Waals surface area contributed by atoms with Gasteiger partial charge in [-0.3, -0.25) is 9.54 Å². The number of pyridine rings is 1. The zero-order chi connectivity index (χ0) is 17.2. The van der Waals surface area contributed by atoms with E-state index in [0.717, 1.165) is 19.2 Å². The molecule has 0 bridgehead atoms. The highest BCUT2D eigenvalue weighted by Crippen LogP contribution is 2.64. The second-order valence-electron chi connectivity index (χ2n) is 4.46. The molecule has 0 fully saturated rings. The fraction of sp³-hybridized carbons (Fsp3) is 0.0769. The van der Waals surface area contributed by atoms with Gasteiger partial charge >= 0.3 is 6.80 Å². The molecular weight excluding hydrogens is 343 g/mol. The van der Waals surface area contributed by atoms with Crippen LogP contribution in [0.5, 0.6) is 0 Å². The maximum atomic E-state index is 13.4. The molecule has 0 amide bonds. The van der Waals surface area contributed by atoms with Crippen molar-refractivity contribution in [1.29, 1.82) is 0 Å². The Bertz CT molecular complexity index is 836. The molecule has 1 aromatic heterocycles. The first-order chi connectivity index (χ1) is 10.7. The molecule has 3 N–H and O–H groups in total. The topological polar surface area (TPSA) is 129 Å². The van der Waals surface area contributed by atoms with Crippen molar-refractivity contribution in [3.8, 4) is 0 Å². The summed E-state index contributed by atoms with van der Waals surface area (Å²) in [6.07, 6.45) is 1.30. The van der Waals surface area contributed by atoms with E-state index in [4.69, 9.17) is 0 Å². The number of hydrogen-bond acceptors (Lipinski definition) is 5. The van der Waals surface area contributed by atoms with Gasteiger partial charge in [-0.15, -0.1) is 0 Å². The van der Waals surface area contributed by atoms with Crippen LogP contribution in [0, 0.1) is 0 Å². The molecule has 10 heteroatoms. The molecule has 0 radical (unpaired) electrons. The van der Waals surface area contributed by atoms with Crippen molar-refractivity contribution in [1.82, 2.24) is 4.98 Å². The van der Waals surface area contributed by atoms with Gasteiger partial charge in [0.15, 0.2) is 0 Å². The average Bonchev–Trinajstić information content (AvgIpc) is 2.53. The minimum absolute atomic E-state index is 0.180. The van der Waals surface area contributed by atoms with E-state index in [-0.39, 0.29) is 5.69 Å². The van der Waals surface area contributed by atoms with E-state index < -0.39 is 25.7 Å². The van der Waals surface area contributed by atoms with Gasteiger partial charge in [0.05, 0.1) is 4.90 Å². The van der Waals surface area contributed by atoms with Crippen LogP contribution in [0.3, 0.4) is 0 Å². The SMILES string of the molecule is CON=C(c1ccccn1)S(=O)(O)(c1ccccc1)P(=O)(O)O. The van der Waals surface area contributed by atoms with Crippen molar-refractivity contribution in [2.45, 2.75) is 4.90 Å². The molecular formula is C13H15N2O6PS. The van der Waals surface area contributed by atoms with E-state index in [1.165, 1.54) is 30.5 Å². The molecule has 0 saturated carbocycles. The molecule has 0 atom stereocenters. The fourth-order valence-electron chi connectivity index (χ4n) is 1.90. The molecule has 0 saturated heterocycles. The average molecular weight is 358 g/mol. The van der Waals surface area contributed by atoms with Gasteiger partial charge in [0.25, 0.3) is 0 Å². The predicted molar refractivity (Wildman–Crippen MR) is 85.3 cm³/mol. The van der Waals surface area contributed by atoms with Gasteiger partial charge in [-0.2, -0.15) is 4.21 Å². The Morgan fingerprint density at radius 3 is 2.26 bits per heavy atom. The van der Waals surface area contributed by atoms with E-state index in [1.54, 1.807) is 12.1 Å². The third-order valence-electron chi connectivity index (χ3n) is 3.02. The van der Waals surface area contributed by atoms with Gasteiger partial charge in [-0.1, -0.05) is 29.4 Å². The van der Waals surface area contributed by atoms with Gasteiger partial charge in [0, 0.05) is 6.20 Å². The van der Waals surface area contributed by atoms with Gasteiger partial charge in [-0.05, 0) is 33.2 Å². The predicted octanol–water partition coefficient (Wildman–Crippen LogP) is 1.83. The molecule has 0 unspecified atom stereocenters. The molecule has 1 aromatic carbocycles. The molecule has 0 aliphatic carbocycles. The van der Waals surface area contributed by atoms with E-state index >= 15 is 0 Å². The minimum atomic E-state index is -5.93. The summed E-state index contributed by atoms with van der Waals surface area (Å²) in [7, 11) is -4.83. The Hall–Kier alpha value is -1.90. The zero-order valence-electron chi connectivity index (χ0n) is 12.0. The Morgan fingerprint density at radius 1 is 1.17 bits per heavy atom. The molecule has 124 valence electrons. The van der Waals surface area contributed by atoms with Gasteiger partial charge in [-0.25, -0.2) is 4.57 Å². The van der Waals surface area contributed by atoms with E-state index in [0.29, 0.717) is 0 Å². The van der Waals surface area contributed by atoms with Crippen molar-refractivity contribution >= 4 is 20.8 Å². The highest BCUT2D eigenvalue weighted by Gasteiger charge is 2.54. The number of nitrogens with zero attached hydrogens (tertiary/aromatic N) is 2. The fourth-order valence-corrected chi connectivity index (χ4v) is 6.23. The van der Waals surface area contributed by atoms with Crippen molar-refractivity contribution in [3.05, 3.63) is 60.4 Å². The summed E-state index contributed by atoms with van der Waals surface area (Å²) in [6, 6.07) is 10.9. The molecule has 2 aromatic rings. The second-order valence-corrected chi connectivity index (χ2v) is 11.5. The third-order valence-corrected chi connectivity index (χ3v) is 9.80. The minimum Gasteiger partial charge on any atom is -0.398 e. The summed E-state index contributed by atoms with van der Waals surface area (Å²) >= 11 is 0. The zero-order valence-corrected chi connectivity index (χ0v) is 13.7. The Labute approximate surface area is 132 Å². The lowest BCUT2D eigenvalue weighted by molar-refractivity contribution is 0.214. The maximum Gasteiger partial charge on any atom is 0.446 e. The van der Waals surface area contributed by atoms with Gasteiger partial charge < -0.3 is 14.6 Å². The van der Waals surface area contributed by atoms with E-state index in [9.17, 15) is 23.1 Å². The first-order valence-electron chi connectivity index (χ1n) is 6.27. The number of aromatic nitrogens is 1. The summed E-state index contributed by atoms with van der Waals surface area (Å²) in [5, 5.41) is 2.60. The van der Waals surface area contributed by atoms with Crippen LogP contribution in [0.1, 0.15) is 5.69 Å². The van der Waals surface area contributed by atoms with E-state index in [1.807, 2.05) is 0 Å². The summed E-state index contributed by atoms with van der Waals surface area (Å²) in [5.74, 6) is 0. The number of benzene rings is 1. The summed E-state index contributed by atoms with van der Waals surface area (Å²) in [6.45, 7) is -5.62. The Balaban J connectivity index is 2.91. The largest absolute Gasteiger partial charge is 0.446 e. The van der Waals surface area contributed by atoms with Crippen molar-refractivity contribution < 1.29 is 28.0 Å². The number of oxime groups is 1. The summed E-state index contributed by atoms with van der Waals surface area (Å²) in [4.78, 5) is 27.4. The first-order valence-corrected chi connectivity index (χ1v) is 10.4. The summed E-state index contributed by atoms with van der Waals surface area (Å²) < 4.78 is 36.4. The lowest BCUT2D eigenvalue weighted by atomic mass is 10.4. The second kappa shape index (κ2) is 5.95. The van der Waals surface area contributed by atoms with Gasteiger partial charge in [0.1, 0.15) is 12.8 Å². The Kier molecular flexibility index (Phi) is 4.52. The highest BCUT2D eigenvalue weighted by atomic mass is 32.8. The smallest absolute Gasteiger partial charge is 0.398 e. The highest BCUT2D eigenvalue weighted by molar-refractivity contribution is 8.70. The van der Waals surface area contributed by atoms with Crippen LogP contribution in [-0.4, -0.2) is 35.7 Å². The maximum absolute atomic E-state index is 13.4. The molecule has 8 nitrogen and oxygen atoms in total. The normalized spacial score (nSPS) is 14.8. The molecule has 2 rings (SSSR count). The third kappa shape index (κ3) is 2.73. The lowest BCUT2D eigenvalue weighted by Gasteiger charge is -2.42. The van der Waals surface area contributed by atoms with Crippen LogP contribution in [0.25, 0.3) is 0 Å². The van der Waals surface area contributed by atoms with Crippen LogP contribution >= 0.6 is 6.80 Å². The van der Waals surface area contributed by atoms with Crippen molar-refractivity contribution in [2.75, 3.05) is 7.11 Å². The van der Waals surface area contributed by atoms with Crippen molar-refractivity contribution in [3.63, 3.8) is 0 Å². The Morgan fingerprint density at radius 2 is 1.78 bits per heavy atom. The first kappa shape index (κ1) is 17.5. The molecule has 0 aliphatic rings. The van der Waals surface area contributed by atoms with Crippen LogP contribution in [0.15, 0.2) is 64.8 Å². The molecule has 1 heterocycles. The van der Waals surface area contributed by atoms with Crippen molar-refractivity contribution in [2.24, 2.45) is 5.16 Å². The molecule has 23 heavy (non-hydrogen) atoms. The van der Waals surface area contributed by atoms with Crippen LogP contribution in [0.4, 0.5) is 0 Å².